The van der Waals surface area contributed by atoms with Crippen molar-refractivity contribution in [2.75, 3.05) is 11.4 Å². The Balaban J connectivity index is 1.27. The number of halogens is 1. The van der Waals surface area contributed by atoms with Crippen molar-refractivity contribution in [1.82, 2.24) is 25.1 Å². The van der Waals surface area contributed by atoms with Gasteiger partial charge >= 0.3 is 0 Å². The number of rotatable bonds is 8. The Labute approximate surface area is 215 Å². The Kier molecular flexibility index (Phi) is 6.04. The highest BCUT2D eigenvalue weighted by Gasteiger charge is 2.30. The SMILES string of the molecule is Cc1cc(CNCCC2CC2)cc(N2Cc3ccc(-c4ccc(F)cc4-c4nncn4C)cc3C2=O)n1. The molecule has 188 valence electrons. The van der Waals surface area contributed by atoms with Crippen LogP contribution in [0.4, 0.5) is 10.2 Å². The molecule has 3 heterocycles. The summed E-state index contributed by atoms with van der Waals surface area (Å²) in [5.41, 5.74) is 5.84. The largest absolute Gasteiger partial charge is 0.317 e. The van der Waals surface area contributed by atoms with Gasteiger partial charge in [0.25, 0.3) is 5.91 Å². The van der Waals surface area contributed by atoms with Crippen LogP contribution in [0.3, 0.4) is 0 Å². The van der Waals surface area contributed by atoms with E-state index in [1.807, 2.05) is 38.2 Å². The lowest BCUT2D eigenvalue weighted by Gasteiger charge is -2.17. The molecule has 6 rings (SSSR count). The molecule has 0 saturated heterocycles. The molecule has 8 heteroatoms. The molecule has 0 radical (unpaired) electrons. The monoisotopic (exact) mass is 496 g/mol. The van der Waals surface area contributed by atoms with Crippen LogP contribution in [0.25, 0.3) is 22.5 Å². The zero-order chi connectivity index (χ0) is 25.5. The van der Waals surface area contributed by atoms with Gasteiger partial charge in [-0.1, -0.05) is 31.0 Å². The van der Waals surface area contributed by atoms with Crippen molar-refractivity contribution in [3.63, 3.8) is 0 Å². The lowest BCUT2D eigenvalue weighted by molar-refractivity contribution is 0.0996. The van der Waals surface area contributed by atoms with Crippen LogP contribution in [0.1, 0.15) is 46.4 Å². The van der Waals surface area contributed by atoms with E-state index in [9.17, 15) is 9.18 Å². The third-order valence-electron chi connectivity index (χ3n) is 7.19. The van der Waals surface area contributed by atoms with Gasteiger partial charge in [0.1, 0.15) is 18.0 Å². The molecule has 2 aromatic heterocycles. The second kappa shape index (κ2) is 9.52. The van der Waals surface area contributed by atoms with Gasteiger partial charge in [0.2, 0.25) is 0 Å². The number of benzene rings is 2. The molecule has 1 amide bonds. The molecule has 1 aliphatic carbocycles. The maximum Gasteiger partial charge on any atom is 0.260 e. The number of carbonyl (C=O) groups is 1. The first-order valence-electron chi connectivity index (χ1n) is 12.7. The summed E-state index contributed by atoms with van der Waals surface area (Å²) in [6, 6.07) is 14.5. The molecule has 37 heavy (non-hydrogen) atoms. The third kappa shape index (κ3) is 4.76. The van der Waals surface area contributed by atoms with E-state index in [-0.39, 0.29) is 11.7 Å². The molecule has 1 saturated carbocycles. The first-order chi connectivity index (χ1) is 18.0. The van der Waals surface area contributed by atoms with Gasteiger partial charge in [0.15, 0.2) is 5.82 Å². The fourth-order valence-electron chi connectivity index (χ4n) is 5.04. The molecule has 1 fully saturated rings. The van der Waals surface area contributed by atoms with Gasteiger partial charge in [-0.05, 0) is 78.4 Å². The van der Waals surface area contributed by atoms with E-state index in [2.05, 4.69) is 26.6 Å². The lowest BCUT2D eigenvalue weighted by atomic mass is 9.96. The Morgan fingerprint density at radius 3 is 2.70 bits per heavy atom. The van der Waals surface area contributed by atoms with Gasteiger partial charge in [-0.25, -0.2) is 9.37 Å². The standard InChI is InChI=1S/C29H29FN6O/c1-18-11-20(15-31-10-9-19-3-4-19)12-27(33-18)36-16-22-6-5-21(13-25(22)29(36)37)24-8-7-23(30)14-26(24)28-34-32-17-35(28)2/h5-8,11-14,17,19,31H,3-4,9-10,15-16H2,1-2H3. The summed E-state index contributed by atoms with van der Waals surface area (Å²) in [4.78, 5) is 20.0. The van der Waals surface area contributed by atoms with E-state index in [1.165, 1.54) is 31.4 Å². The predicted molar refractivity (Wildman–Crippen MR) is 140 cm³/mol. The van der Waals surface area contributed by atoms with Crippen LogP contribution in [0, 0.1) is 18.7 Å². The highest BCUT2D eigenvalue weighted by molar-refractivity contribution is 6.10. The van der Waals surface area contributed by atoms with E-state index in [0.29, 0.717) is 29.3 Å². The summed E-state index contributed by atoms with van der Waals surface area (Å²) in [6.07, 6.45) is 5.54. The number of pyridine rings is 1. The van der Waals surface area contributed by atoms with Gasteiger partial charge in [0.05, 0.1) is 6.54 Å². The molecule has 2 aliphatic rings. The van der Waals surface area contributed by atoms with Gasteiger partial charge in [0, 0.05) is 30.4 Å². The fourth-order valence-corrected chi connectivity index (χ4v) is 5.04. The summed E-state index contributed by atoms with van der Waals surface area (Å²) in [6.45, 7) is 4.21. The zero-order valence-electron chi connectivity index (χ0n) is 21.0. The second-order valence-electron chi connectivity index (χ2n) is 10.1. The number of nitrogens with zero attached hydrogens (tertiary/aromatic N) is 5. The minimum atomic E-state index is -0.353. The summed E-state index contributed by atoms with van der Waals surface area (Å²) < 4.78 is 15.9. The van der Waals surface area contributed by atoms with Crippen molar-refractivity contribution < 1.29 is 9.18 Å². The van der Waals surface area contributed by atoms with Crippen molar-refractivity contribution in [3.05, 3.63) is 83.1 Å². The van der Waals surface area contributed by atoms with Crippen LogP contribution < -0.4 is 10.2 Å². The summed E-state index contributed by atoms with van der Waals surface area (Å²) in [5.74, 6) is 1.70. The van der Waals surface area contributed by atoms with Crippen molar-refractivity contribution in [1.29, 1.82) is 0 Å². The first-order valence-corrected chi connectivity index (χ1v) is 12.7. The molecule has 1 aliphatic heterocycles. The van der Waals surface area contributed by atoms with Crippen molar-refractivity contribution >= 4 is 11.7 Å². The molecular formula is C29H29FN6O. The molecular weight excluding hydrogens is 467 g/mol. The molecule has 1 N–H and O–H groups in total. The van der Waals surface area contributed by atoms with Crippen LogP contribution in [0.15, 0.2) is 54.9 Å². The molecule has 0 atom stereocenters. The first kappa shape index (κ1) is 23.5. The van der Waals surface area contributed by atoms with Crippen LogP contribution in [0.5, 0.6) is 0 Å². The Hall–Kier alpha value is -3.91. The average Bonchev–Trinajstić information content (AvgIpc) is 3.52. The second-order valence-corrected chi connectivity index (χ2v) is 10.1. The number of amides is 1. The number of hydrogen-bond acceptors (Lipinski definition) is 5. The zero-order valence-corrected chi connectivity index (χ0v) is 21.0. The molecule has 7 nitrogen and oxygen atoms in total. The van der Waals surface area contributed by atoms with Gasteiger partial charge in [-0.2, -0.15) is 0 Å². The number of aryl methyl sites for hydroxylation is 2. The van der Waals surface area contributed by atoms with Gasteiger partial charge < -0.3 is 9.88 Å². The van der Waals surface area contributed by atoms with Crippen molar-refractivity contribution in [2.24, 2.45) is 13.0 Å². The molecule has 2 aromatic carbocycles. The minimum absolute atomic E-state index is 0.0788. The fraction of sp³-hybridized carbons (Fsp3) is 0.310. The van der Waals surface area contributed by atoms with Gasteiger partial charge in [-0.3, -0.25) is 9.69 Å². The van der Waals surface area contributed by atoms with Crippen LogP contribution in [0.2, 0.25) is 0 Å². The number of carbonyl (C=O) groups excluding carboxylic acids is 1. The Bertz CT molecular complexity index is 1490. The Morgan fingerprint density at radius 2 is 1.92 bits per heavy atom. The van der Waals surface area contributed by atoms with E-state index in [4.69, 9.17) is 0 Å². The van der Waals surface area contributed by atoms with Crippen LogP contribution >= 0.6 is 0 Å². The number of aromatic nitrogens is 4. The highest BCUT2D eigenvalue weighted by atomic mass is 19.1. The smallest absolute Gasteiger partial charge is 0.260 e. The van der Waals surface area contributed by atoms with E-state index >= 15 is 0 Å². The average molecular weight is 497 g/mol. The Morgan fingerprint density at radius 1 is 1.05 bits per heavy atom. The molecule has 4 aromatic rings. The summed E-state index contributed by atoms with van der Waals surface area (Å²) in [5, 5.41) is 11.6. The normalized spacial score (nSPS) is 14.9. The maximum atomic E-state index is 14.2. The quantitative estimate of drug-likeness (QED) is 0.346. The van der Waals surface area contributed by atoms with E-state index in [0.717, 1.165) is 47.0 Å². The minimum Gasteiger partial charge on any atom is -0.317 e. The van der Waals surface area contributed by atoms with E-state index in [1.54, 1.807) is 21.9 Å². The number of fused-ring (bicyclic) bond motifs is 1. The van der Waals surface area contributed by atoms with Crippen LogP contribution in [-0.2, 0) is 20.1 Å². The van der Waals surface area contributed by atoms with Crippen molar-refractivity contribution in [2.45, 2.75) is 39.3 Å². The topological polar surface area (TPSA) is 75.9 Å². The van der Waals surface area contributed by atoms with Crippen LogP contribution in [-0.4, -0.2) is 32.2 Å². The van der Waals surface area contributed by atoms with E-state index < -0.39 is 0 Å². The number of nitrogens with one attached hydrogen (secondary N) is 1. The lowest BCUT2D eigenvalue weighted by Crippen LogP contribution is -2.25. The number of hydrogen-bond donors (Lipinski definition) is 1. The molecule has 0 spiro atoms. The molecule has 0 unspecified atom stereocenters. The maximum absolute atomic E-state index is 14.2. The van der Waals surface area contributed by atoms with Gasteiger partial charge in [-0.15, -0.1) is 10.2 Å². The highest BCUT2D eigenvalue weighted by Crippen LogP contribution is 2.36. The third-order valence-corrected chi connectivity index (χ3v) is 7.19. The van der Waals surface area contributed by atoms with Crippen molar-refractivity contribution in [3.8, 4) is 22.5 Å². The summed E-state index contributed by atoms with van der Waals surface area (Å²) >= 11 is 0. The number of anilines is 1. The predicted octanol–water partition coefficient (Wildman–Crippen LogP) is 5.04. The summed E-state index contributed by atoms with van der Waals surface area (Å²) in [7, 11) is 1.82. The molecule has 0 bridgehead atoms.